The van der Waals surface area contributed by atoms with E-state index >= 15 is 0 Å². The van der Waals surface area contributed by atoms with Crippen LogP contribution in [0, 0.1) is 0 Å². The summed E-state index contributed by atoms with van der Waals surface area (Å²) in [5, 5.41) is 0. The maximum absolute atomic E-state index is 11.8. The van der Waals surface area contributed by atoms with E-state index < -0.39 is 0 Å². The predicted molar refractivity (Wildman–Crippen MR) is 71.5 cm³/mol. The Morgan fingerprint density at radius 3 is 2.94 bits per heavy atom. The number of fused-ring (bicyclic) bond motifs is 1. The number of ketones is 1. The second kappa shape index (κ2) is 5.85. The van der Waals surface area contributed by atoms with Crippen molar-refractivity contribution in [1.82, 2.24) is 0 Å². The summed E-state index contributed by atoms with van der Waals surface area (Å²) in [6, 6.07) is 8.51. The van der Waals surface area contributed by atoms with Crippen molar-refractivity contribution in [3.63, 3.8) is 0 Å². The van der Waals surface area contributed by atoms with E-state index in [0.717, 1.165) is 19.4 Å². The molecule has 17 heavy (non-hydrogen) atoms. The van der Waals surface area contributed by atoms with Gasteiger partial charge in [0.05, 0.1) is 6.54 Å². The van der Waals surface area contributed by atoms with Gasteiger partial charge in [-0.1, -0.05) is 25.1 Å². The first-order valence-corrected chi connectivity index (χ1v) is 6.66. The molecule has 1 heterocycles. The zero-order valence-electron chi connectivity index (χ0n) is 10.6. The standard InChI is InChI=1S/C15H21NO/c1-2-7-14(17)12-16-11-6-5-9-13-8-3-4-10-15(13)16/h3-4,8,10H,2,5-7,9,11-12H2,1H3. The fourth-order valence-electron chi connectivity index (χ4n) is 2.50. The number of hydrogen-bond acceptors (Lipinski definition) is 2. The second-order valence-corrected chi connectivity index (χ2v) is 4.80. The Morgan fingerprint density at radius 1 is 1.29 bits per heavy atom. The first-order chi connectivity index (χ1) is 8.31. The minimum Gasteiger partial charge on any atom is -0.364 e. The smallest absolute Gasteiger partial charge is 0.152 e. The molecule has 0 radical (unpaired) electrons. The van der Waals surface area contributed by atoms with Crippen LogP contribution < -0.4 is 4.90 Å². The Bertz CT molecular complexity index is 386. The monoisotopic (exact) mass is 231 g/mol. The number of aryl methyl sites for hydroxylation is 1. The summed E-state index contributed by atoms with van der Waals surface area (Å²) in [4.78, 5) is 14.1. The molecule has 0 aliphatic carbocycles. The van der Waals surface area contributed by atoms with Gasteiger partial charge in [0.1, 0.15) is 0 Å². The van der Waals surface area contributed by atoms with E-state index in [-0.39, 0.29) is 0 Å². The van der Waals surface area contributed by atoms with Crippen molar-refractivity contribution in [2.24, 2.45) is 0 Å². The molecule has 1 aliphatic heterocycles. The summed E-state index contributed by atoms with van der Waals surface area (Å²) in [5.41, 5.74) is 2.67. The van der Waals surface area contributed by atoms with Crippen LogP contribution in [0.4, 0.5) is 5.69 Å². The van der Waals surface area contributed by atoms with E-state index in [1.54, 1.807) is 0 Å². The fourth-order valence-corrected chi connectivity index (χ4v) is 2.50. The van der Waals surface area contributed by atoms with Gasteiger partial charge in [-0.2, -0.15) is 0 Å². The van der Waals surface area contributed by atoms with E-state index in [1.165, 1.54) is 24.1 Å². The number of benzene rings is 1. The van der Waals surface area contributed by atoms with Gasteiger partial charge in [-0.25, -0.2) is 0 Å². The number of carbonyl (C=O) groups is 1. The Balaban J connectivity index is 2.14. The molecule has 0 unspecified atom stereocenters. The highest BCUT2D eigenvalue weighted by atomic mass is 16.1. The van der Waals surface area contributed by atoms with Crippen LogP contribution in [0.2, 0.25) is 0 Å². The lowest BCUT2D eigenvalue weighted by Crippen LogP contribution is -2.30. The van der Waals surface area contributed by atoms with Gasteiger partial charge in [0.25, 0.3) is 0 Å². The largest absolute Gasteiger partial charge is 0.364 e. The van der Waals surface area contributed by atoms with Crippen LogP contribution in [-0.2, 0) is 11.2 Å². The molecule has 0 saturated carbocycles. The molecule has 0 aromatic heterocycles. The first-order valence-electron chi connectivity index (χ1n) is 6.66. The van der Waals surface area contributed by atoms with Gasteiger partial charge >= 0.3 is 0 Å². The highest BCUT2D eigenvalue weighted by molar-refractivity contribution is 5.83. The van der Waals surface area contributed by atoms with Crippen molar-refractivity contribution in [3.8, 4) is 0 Å². The molecular formula is C15H21NO. The molecule has 1 aliphatic rings. The van der Waals surface area contributed by atoms with Gasteiger partial charge in [0, 0.05) is 18.7 Å². The molecule has 2 rings (SSSR count). The molecule has 92 valence electrons. The highest BCUT2D eigenvalue weighted by Gasteiger charge is 2.16. The quantitative estimate of drug-likeness (QED) is 0.793. The summed E-state index contributed by atoms with van der Waals surface area (Å²) in [5.74, 6) is 0.365. The lowest BCUT2D eigenvalue weighted by atomic mass is 10.1. The lowest BCUT2D eigenvalue weighted by Gasteiger charge is -2.24. The van der Waals surface area contributed by atoms with Crippen molar-refractivity contribution < 1.29 is 4.79 Å². The molecule has 2 nitrogen and oxygen atoms in total. The van der Waals surface area contributed by atoms with Crippen molar-refractivity contribution in [2.45, 2.75) is 39.0 Å². The Kier molecular flexibility index (Phi) is 4.18. The van der Waals surface area contributed by atoms with Crippen molar-refractivity contribution >= 4 is 11.5 Å². The van der Waals surface area contributed by atoms with Crippen LogP contribution >= 0.6 is 0 Å². The summed E-state index contributed by atoms with van der Waals surface area (Å²) >= 11 is 0. The number of rotatable bonds is 4. The van der Waals surface area contributed by atoms with E-state index in [4.69, 9.17) is 0 Å². The number of Topliss-reactive ketones (excluding diaryl/α,β-unsaturated/α-hetero) is 1. The fraction of sp³-hybridized carbons (Fsp3) is 0.533. The van der Waals surface area contributed by atoms with E-state index in [0.29, 0.717) is 18.7 Å². The minimum absolute atomic E-state index is 0.365. The van der Waals surface area contributed by atoms with Crippen LogP contribution in [0.5, 0.6) is 0 Å². The third-order valence-electron chi connectivity index (χ3n) is 3.35. The molecule has 0 spiro atoms. The van der Waals surface area contributed by atoms with Crippen LogP contribution in [0.3, 0.4) is 0 Å². The van der Waals surface area contributed by atoms with Gasteiger partial charge < -0.3 is 4.90 Å². The summed E-state index contributed by atoms with van der Waals surface area (Å²) < 4.78 is 0. The Morgan fingerprint density at radius 2 is 2.12 bits per heavy atom. The molecular weight excluding hydrogens is 210 g/mol. The molecule has 0 bridgehead atoms. The number of hydrogen-bond donors (Lipinski definition) is 0. The van der Waals surface area contributed by atoms with E-state index in [1.807, 2.05) is 0 Å². The molecule has 2 heteroatoms. The molecule has 0 saturated heterocycles. The maximum atomic E-state index is 11.8. The normalized spacial score (nSPS) is 15.2. The van der Waals surface area contributed by atoms with Crippen molar-refractivity contribution in [2.75, 3.05) is 18.0 Å². The van der Waals surface area contributed by atoms with Crippen molar-refractivity contribution in [3.05, 3.63) is 29.8 Å². The maximum Gasteiger partial charge on any atom is 0.152 e. The number of carbonyl (C=O) groups excluding carboxylic acids is 1. The third kappa shape index (κ3) is 3.09. The Labute approximate surface area is 104 Å². The number of anilines is 1. The average Bonchev–Trinajstić information content (AvgIpc) is 2.53. The second-order valence-electron chi connectivity index (χ2n) is 4.80. The summed E-state index contributed by atoms with van der Waals surface area (Å²) in [6.45, 7) is 3.67. The van der Waals surface area contributed by atoms with Gasteiger partial charge in [-0.15, -0.1) is 0 Å². The lowest BCUT2D eigenvalue weighted by molar-refractivity contribution is -0.117. The van der Waals surface area contributed by atoms with E-state index in [9.17, 15) is 4.79 Å². The van der Waals surface area contributed by atoms with Crippen LogP contribution in [0.25, 0.3) is 0 Å². The van der Waals surface area contributed by atoms with Crippen LogP contribution in [-0.4, -0.2) is 18.9 Å². The van der Waals surface area contributed by atoms with Crippen LogP contribution in [0.15, 0.2) is 24.3 Å². The Hall–Kier alpha value is -1.31. The molecule has 1 aromatic rings. The van der Waals surface area contributed by atoms with E-state index in [2.05, 4.69) is 36.1 Å². The topological polar surface area (TPSA) is 20.3 Å². The molecule has 0 fully saturated rings. The molecule has 0 N–H and O–H groups in total. The average molecular weight is 231 g/mol. The number of para-hydroxylation sites is 1. The first kappa shape index (κ1) is 12.2. The van der Waals surface area contributed by atoms with Gasteiger partial charge in [-0.3, -0.25) is 4.79 Å². The summed E-state index contributed by atoms with van der Waals surface area (Å²) in [7, 11) is 0. The van der Waals surface area contributed by atoms with Gasteiger partial charge in [0.15, 0.2) is 5.78 Å². The molecule has 1 aromatic carbocycles. The SMILES string of the molecule is CCCC(=O)CN1CCCCc2ccccc21. The van der Waals surface area contributed by atoms with Crippen LogP contribution in [0.1, 0.15) is 38.2 Å². The zero-order valence-corrected chi connectivity index (χ0v) is 10.6. The molecule has 0 amide bonds. The van der Waals surface area contributed by atoms with Crippen molar-refractivity contribution in [1.29, 1.82) is 0 Å². The minimum atomic E-state index is 0.365. The predicted octanol–water partition coefficient (Wildman–Crippen LogP) is 3.20. The number of nitrogens with zero attached hydrogens (tertiary/aromatic N) is 1. The van der Waals surface area contributed by atoms with Gasteiger partial charge in [-0.05, 0) is 37.3 Å². The third-order valence-corrected chi connectivity index (χ3v) is 3.35. The summed E-state index contributed by atoms with van der Waals surface area (Å²) in [6.07, 6.45) is 5.23. The van der Waals surface area contributed by atoms with Gasteiger partial charge in [0.2, 0.25) is 0 Å². The molecule has 0 atom stereocenters. The zero-order chi connectivity index (χ0) is 12.1. The highest BCUT2D eigenvalue weighted by Crippen LogP contribution is 2.25.